The summed E-state index contributed by atoms with van der Waals surface area (Å²) < 4.78 is 5.79. The number of carbonyl (C=O) groups is 1. The van der Waals surface area contributed by atoms with Crippen molar-refractivity contribution in [1.82, 2.24) is 15.2 Å². The Morgan fingerprint density at radius 1 is 1.33 bits per heavy atom. The number of amides is 1. The molecule has 2 heterocycles. The molecule has 0 radical (unpaired) electrons. The van der Waals surface area contributed by atoms with E-state index in [0.29, 0.717) is 35.6 Å². The van der Waals surface area contributed by atoms with Gasteiger partial charge in [0.1, 0.15) is 0 Å². The van der Waals surface area contributed by atoms with Crippen LogP contribution < -0.4 is 5.32 Å². The third-order valence-electron chi connectivity index (χ3n) is 4.49. The fraction of sp³-hybridized carbons (Fsp3) is 0.474. The molecule has 1 aliphatic rings. The van der Waals surface area contributed by atoms with Crippen molar-refractivity contribution in [3.63, 3.8) is 0 Å². The third kappa shape index (κ3) is 6.39. The van der Waals surface area contributed by atoms with E-state index < -0.39 is 0 Å². The number of hydrogen-bond donors (Lipinski definition) is 1. The van der Waals surface area contributed by atoms with Gasteiger partial charge in [-0.3, -0.25) is 4.79 Å². The molecule has 1 atom stereocenters. The quantitative estimate of drug-likeness (QED) is 0.703. The number of nitrogens with zero attached hydrogens (tertiary/aromatic N) is 2. The van der Waals surface area contributed by atoms with Crippen molar-refractivity contribution >= 4 is 42.3 Å². The van der Waals surface area contributed by atoms with E-state index in [9.17, 15) is 4.79 Å². The van der Waals surface area contributed by atoms with Gasteiger partial charge in [-0.15, -0.1) is 24.8 Å². The van der Waals surface area contributed by atoms with Gasteiger partial charge < -0.3 is 14.6 Å². The Morgan fingerprint density at radius 3 is 2.70 bits per heavy atom. The van der Waals surface area contributed by atoms with Crippen LogP contribution in [0.2, 0.25) is 5.02 Å². The lowest BCUT2D eigenvalue weighted by molar-refractivity contribution is -0.133. The first-order valence-electron chi connectivity index (χ1n) is 8.88. The fourth-order valence-corrected chi connectivity index (χ4v) is 3.31. The number of hydrogen-bond acceptors (Lipinski definition) is 4. The molecule has 2 aromatic rings. The van der Waals surface area contributed by atoms with Crippen LogP contribution >= 0.6 is 36.4 Å². The number of nitrogens with one attached hydrogen (secondary N) is 1. The molecule has 1 amide bonds. The summed E-state index contributed by atoms with van der Waals surface area (Å²) in [5.74, 6) is 1.48. The van der Waals surface area contributed by atoms with E-state index in [1.165, 1.54) is 0 Å². The maximum Gasteiger partial charge on any atom is 0.223 e. The Hall–Kier alpha value is -1.27. The summed E-state index contributed by atoms with van der Waals surface area (Å²) in [6.45, 7) is 4.80. The lowest BCUT2D eigenvalue weighted by Gasteiger charge is -2.28. The molecule has 1 aromatic heterocycles. The summed E-state index contributed by atoms with van der Waals surface area (Å²) in [5.41, 5.74) is 0.930. The van der Waals surface area contributed by atoms with E-state index in [2.05, 4.69) is 17.2 Å². The zero-order valence-electron chi connectivity index (χ0n) is 15.3. The van der Waals surface area contributed by atoms with Crippen molar-refractivity contribution in [2.75, 3.05) is 19.6 Å². The molecule has 3 rings (SSSR count). The summed E-state index contributed by atoms with van der Waals surface area (Å²) in [6, 6.07) is 7.75. The molecule has 5 nitrogen and oxygen atoms in total. The zero-order valence-corrected chi connectivity index (χ0v) is 17.7. The predicted octanol–water partition coefficient (Wildman–Crippen LogP) is 4.37. The molecule has 1 fully saturated rings. The number of rotatable bonds is 7. The summed E-state index contributed by atoms with van der Waals surface area (Å²) in [4.78, 5) is 18.9. The molecule has 1 N–H and O–H groups in total. The lowest BCUT2D eigenvalue weighted by Crippen LogP contribution is -2.42. The Labute approximate surface area is 177 Å². The van der Waals surface area contributed by atoms with Gasteiger partial charge in [0.25, 0.3) is 0 Å². The standard InChI is InChI=1S/C19H24ClN3O2.2ClH/c1-2-11-23(16-9-10-21-12-16)19(24)8-7-18-22-13-17(25-18)14-3-5-15(20)6-4-14;;/h3-6,13,16,21H,2,7-12H2,1H3;2*1H. The number of aryl methyl sites for hydroxylation is 1. The van der Waals surface area contributed by atoms with Crippen molar-refractivity contribution in [1.29, 1.82) is 0 Å². The molecule has 0 bridgehead atoms. The van der Waals surface area contributed by atoms with Gasteiger partial charge in [0.05, 0.1) is 6.20 Å². The number of aromatic nitrogens is 1. The first kappa shape index (κ1) is 23.8. The molecule has 1 unspecified atom stereocenters. The van der Waals surface area contributed by atoms with Crippen molar-refractivity contribution < 1.29 is 9.21 Å². The monoisotopic (exact) mass is 433 g/mol. The number of benzene rings is 1. The highest BCUT2D eigenvalue weighted by atomic mass is 35.5. The lowest BCUT2D eigenvalue weighted by atomic mass is 10.1. The molecule has 1 saturated heterocycles. The molecule has 1 aromatic carbocycles. The SMILES string of the molecule is CCCN(C(=O)CCc1ncc(-c2ccc(Cl)cc2)o1)C1CCNC1.Cl.Cl. The predicted molar refractivity (Wildman–Crippen MR) is 113 cm³/mol. The largest absolute Gasteiger partial charge is 0.441 e. The fourth-order valence-electron chi connectivity index (χ4n) is 3.19. The molecular weight excluding hydrogens is 409 g/mol. The summed E-state index contributed by atoms with van der Waals surface area (Å²) in [5, 5.41) is 4.02. The highest BCUT2D eigenvalue weighted by Crippen LogP contribution is 2.23. The maximum absolute atomic E-state index is 12.6. The highest BCUT2D eigenvalue weighted by molar-refractivity contribution is 6.30. The third-order valence-corrected chi connectivity index (χ3v) is 4.75. The number of halogens is 3. The molecule has 8 heteroatoms. The first-order chi connectivity index (χ1) is 12.2. The van der Waals surface area contributed by atoms with Crippen LogP contribution in [-0.2, 0) is 11.2 Å². The Kier molecular flexibility index (Phi) is 10.2. The number of oxazole rings is 1. The average molecular weight is 435 g/mol. The summed E-state index contributed by atoms with van der Waals surface area (Å²) in [6.07, 6.45) is 4.66. The van der Waals surface area contributed by atoms with Gasteiger partial charge in [-0.05, 0) is 43.7 Å². The van der Waals surface area contributed by atoms with Crippen LogP contribution in [0.3, 0.4) is 0 Å². The van der Waals surface area contributed by atoms with E-state index in [-0.39, 0.29) is 30.7 Å². The van der Waals surface area contributed by atoms with Crippen LogP contribution in [-0.4, -0.2) is 41.5 Å². The Morgan fingerprint density at radius 2 is 2.07 bits per heavy atom. The molecule has 0 aliphatic carbocycles. The van der Waals surface area contributed by atoms with Gasteiger partial charge in [-0.25, -0.2) is 4.98 Å². The van der Waals surface area contributed by atoms with Gasteiger partial charge in [-0.1, -0.05) is 18.5 Å². The average Bonchev–Trinajstić information content (AvgIpc) is 3.30. The Bertz CT molecular complexity index is 700. The van der Waals surface area contributed by atoms with Crippen molar-refractivity contribution in [2.45, 2.75) is 38.6 Å². The van der Waals surface area contributed by atoms with Crippen LogP contribution in [0.1, 0.15) is 32.1 Å². The van der Waals surface area contributed by atoms with E-state index in [1.807, 2.05) is 29.2 Å². The van der Waals surface area contributed by atoms with Gasteiger partial charge >= 0.3 is 0 Å². The maximum atomic E-state index is 12.6. The van der Waals surface area contributed by atoms with E-state index in [4.69, 9.17) is 16.0 Å². The van der Waals surface area contributed by atoms with Crippen LogP contribution in [0.4, 0.5) is 0 Å². The Balaban J connectivity index is 0.00000182. The second kappa shape index (κ2) is 11.5. The summed E-state index contributed by atoms with van der Waals surface area (Å²) in [7, 11) is 0. The van der Waals surface area contributed by atoms with E-state index in [0.717, 1.165) is 38.0 Å². The summed E-state index contributed by atoms with van der Waals surface area (Å²) >= 11 is 5.91. The van der Waals surface area contributed by atoms with E-state index >= 15 is 0 Å². The van der Waals surface area contributed by atoms with Crippen LogP contribution in [0.25, 0.3) is 11.3 Å². The molecule has 150 valence electrons. The highest BCUT2D eigenvalue weighted by Gasteiger charge is 2.25. The first-order valence-corrected chi connectivity index (χ1v) is 9.26. The topological polar surface area (TPSA) is 58.4 Å². The molecular formula is C19H26Cl3N3O2. The van der Waals surface area contributed by atoms with Crippen LogP contribution in [0, 0.1) is 0 Å². The van der Waals surface area contributed by atoms with Gasteiger partial charge in [-0.2, -0.15) is 0 Å². The second-order valence-electron chi connectivity index (χ2n) is 6.36. The van der Waals surface area contributed by atoms with Crippen molar-refractivity contribution in [3.05, 3.63) is 41.4 Å². The second-order valence-corrected chi connectivity index (χ2v) is 6.80. The minimum absolute atomic E-state index is 0. The van der Waals surface area contributed by atoms with Gasteiger partial charge in [0, 0.05) is 42.6 Å². The minimum Gasteiger partial charge on any atom is -0.441 e. The molecule has 27 heavy (non-hydrogen) atoms. The van der Waals surface area contributed by atoms with E-state index in [1.54, 1.807) is 6.20 Å². The minimum atomic E-state index is 0. The van der Waals surface area contributed by atoms with Crippen molar-refractivity contribution in [2.24, 2.45) is 0 Å². The smallest absolute Gasteiger partial charge is 0.223 e. The van der Waals surface area contributed by atoms with Gasteiger partial charge in [0.2, 0.25) is 5.91 Å². The van der Waals surface area contributed by atoms with Crippen LogP contribution in [0.15, 0.2) is 34.9 Å². The molecule has 1 aliphatic heterocycles. The van der Waals surface area contributed by atoms with Gasteiger partial charge in [0.15, 0.2) is 11.7 Å². The molecule has 0 saturated carbocycles. The number of carbonyl (C=O) groups excluding carboxylic acids is 1. The van der Waals surface area contributed by atoms with Crippen molar-refractivity contribution in [3.8, 4) is 11.3 Å². The normalized spacial score (nSPS) is 15.7. The zero-order chi connectivity index (χ0) is 17.6. The van der Waals surface area contributed by atoms with Crippen LogP contribution in [0.5, 0.6) is 0 Å². The molecule has 0 spiro atoms.